The average molecular weight is 323 g/mol. The van der Waals surface area contributed by atoms with Crippen LogP contribution in [-0.2, 0) is 29.3 Å². The summed E-state index contributed by atoms with van der Waals surface area (Å²) in [4.78, 5) is 11.8. The topological polar surface area (TPSA) is 38.3 Å². The van der Waals surface area contributed by atoms with Gasteiger partial charge >= 0.3 is 0 Å². The first-order valence-electron chi connectivity index (χ1n) is 8.33. The minimum atomic E-state index is -0.00730. The maximum Gasteiger partial charge on any atom is 0.246 e. The lowest BCUT2D eigenvalue weighted by atomic mass is 10.1. The first kappa shape index (κ1) is 18.0. The molecule has 1 amide bonds. The van der Waals surface area contributed by atoms with Gasteiger partial charge in [-0.1, -0.05) is 67.6 Å². The van der Waals surface area contributed by atoms with Crippen LogP contribution in [0, 0.1) is 0 Å². The first-order chi connectivity index (χ1) is 11.7. The monoisotopic (exact) mass is 323 g/mol. The highest BCUT2D eigenvalue weighted by Gasteiger charge is 2.03. The van der Waals surface area contributed by atoms with Crippen LogP contribution < -0.4 is 5.32 Å². The fourth-order valence-electron chi connectivity index (χ4n) is 2.33. The van der Waals surface area contributed by atoms with Crippen molar-refractivity contribution in [1.29, 1.82) is 0 Å². The molecule has 0 saturated heterocycles. The fraction of sp³-hybridized carbons (Fsp3) is 0.286. The Labute approximate surface area is 144 Å². The van der Waals surface area contributed by atoms with Crippen LogP contribution in [0.25, 0.3) is 0 Å². The van der Waals surface area contributed by atoms with E-state index in [0.717, 1.165) is 23.1 Å². The Kier molecular flexibility index (Phi) is 7.24. The van der Waals surface area contributed by atoms with E-state index in [4.69, 9.17) is 4.74 Å². The highest BCUT2D eigenvalue weighted by molar-refractivity contribution is 5.92. The SMILES string of the molecule is CCC=C(C)C(=O)NCc1ccc(COCc2ccccc2)cc1. The van der Waals surface area contributed by atoms with Crippen molar-refractivity contribution < 1.29 is 9.53 Å². The molecule has 2 aromatic carbocycles. The largest absolute Gasteiger partial charge is 0.372 e. The molecule has 3 heteroatoms. The number of benzene rings is 2. The Morgan fingerprint density at radius 3 is 2.17 bits per heavy atom. The van der Waals surface area contributed by atoms with E-state index in [2.05, 4.69) is 17.4 Å². The molecule has 0 bridgehead atoms. The second-order valence-electron chi connectivity index (χ2n) is 5.77. The van der Waals surface area contributed by atoms with Crippen molar-refractivity contribution in [3.8, 4) is 0 Å². The van der Waals surface area contributed by atoms with Crippen LogP contribution in [0.4, 0.5) is 0 Å². The van der Waals surface area contributed by atoms with Crippen LogP contribution >= 0.6 is 0 Å². The van der Waals surface area contributed by atoms with Gasteiger partial charge in [-0.25, -0.2) is 0 Å². The average Bonchev–Trinajstić information content (AvgIpc) is 2.62. The minimum absolute atomic E-state index is 0.00730. The van der Waals surface area contributed by atoms with Crippen LogP contribution in [0.2, 0.25) is 0 Å². The second-order valence-corrected chi connectivity index (χ2v) is 5.77. The van der Waals surface area contributed by atoms with E-state index in [1.165, 1.54) is 5.56 Å². The number of nitrogens with one attached hydrogen (secondary N) is 1. The van der Waals surface area contributed by atoms with Crippen LogP contribution in [0.1, 0.15) is 37.0 Å². The molecule has 3 nitrogen and oxygen atoms in total. The molecule has 0 fully saturated rings. The predicted octanol–water partition coefficient (Wildman–Crippen LogP) is 4.38. The van der Waals surface area contributed by atoms with Gasteiger partial charge in [-0.15, -0.1) is 0 Å². The summed E-state index contributed by atoms with van der Waals surface area (Å²) in [6.45, 7) is 5.60. The predicted molar refractivity (Wildman–Crippen MR) is 97.3 cm³/mol. The molecule has 0 saturated carbocycles. The van der Waals surface area contributed by atoms with Gasteiger partial charge in [-0.2, -0.15) is 0 Å². The van der Waals surface area contributed by atoms with E-state index in [-0.39, 0.29) is 5.91 Å². The molecule has 0 aliphatic carbocycles. The van der Waals surface area contributed by atoms with Gasteiger partial charge in [0.05, 0.1) is 13.2 Å². The van der Waals surface area contributed by atoms with Crippen LogP contribution in [0.15, 0.2) is 66.2 Å². The van der Waals surface area contributed by atoms with E-state index in [1.807, 2.05) is 62.4 Å². The molecule has 1 N–H and O–H groups in total. The molecular weight excluding hydrogens is 298 g/mol. The van der Waals surface area contributed by atoms with Crippen LogP contribution in [0.3, 0.4) is 0 Å². The van der Waals surface area contributed by atoms with Crippen molar-refractivity contribution in [2.75, 3.05) is 0 Å². The van der Waals surface area contributed by atoms with Gasteiger partial charge in [-0.3, -0.25) is 4.79 Å². The van der Waals surface area contributed by atoms with Gasteiger partial charge in [0.2, 0.25) is 5.91 Å². The normalized spacial score (nSPS) is 11.3. The number of amides is 1. The maximum absolute atomic E-state index is 11.8. The summed E-state index contributed by atoms with van der Waals surface area (Å²) in [5.74, 6) is -0.00730. The summed E-state index contributed by atoms with van der Waals surface area (Å²) >= 11 is 0. The third-order valence-electron chi connectivity index (χ3n) is 3.72. The van der Waals surface area contributed by atoms with Crippen molar-refractivity contribution in [3.05, 3.63) is 82.9 Å². The molecule has 0 unspecified atom stereocenters. The Balaban J connectivity index is 1.76. The summed E-state index contributed by atoms with van der Waals surface area (Å²) in [6, 6.07) is 18.3. The van der Waals surface area contributed by atoms with Gasteiger partial charge in [0.1, 0.15) is 0 Å². The molecule has 0 atom stereocenters. The molecule has 126 valence electrons. The van der Waals surface area contributed by atoms with E-state index >= 15 is 0 Å². The van der Waals surface area contributed by atoms with Crippen molar-refractivity contribution >= 4 is 5.91 Å². The lowest BCUT2D eigenvalue weighted by molar-refractivity contribution is -0.117. The van der Waals surface area contributed by atoms with E-state index in [0.29, 0.717) is 19.8 Å². The second kappa shape index (κ2) is 9.68. The summed E-state index contributed by atoms with van der Waals surface area (Å²) in [7, 11) is 0. The molecule has 0 aromatic heterocycles. The zero-order valence-corrected chi connectivity index (χ0v) is 14.4. The molecule has 2 rings (SSSR count). The first-order valence-corrected chi connectivity index (χ1v) is 8.33. The van der Waals surface area contributed by atoms with Crippen molar-refractivity contribution in [2.45, 2.75) is 40.0 Å². The van der Waals surface area contributed by atoms with Crippen LogP contribution in [0.5, 0.6) is 0 Å². The summed E-state index contributed by atoms with van der Waals surface area (Å²) in [5, 5.41) is 2.93. The van der Waals surface area contributed by atoms with Gasteiger partial charge in [0.25, 0.3) is 0 Å². The smallest absolute Gasteiger partial charge is 0.246 e. The molecule has 0 spiro atoms. The number of carbonyl (C=O) groups excluding carboxylic acids is 1. The van der Waals surface area contributed by atoms with Crippen LogP contribution in [-0.4, -0.2) is 5.91 Å². The molecule has 0 radical (unpaired) electrons. The highest BCUT2D eigenvalue weighted by Crippen LogP contribution is 2.08. The quantitative estimate of drug-likeness (QED) is 0.732. The number of hydrogen-bond donors (Lipinski definition) is 1. The lowest BCUT2D eigenvalue weighted by Gasteiger charge is -2.08. The number of hydrogen-bond acceptors (Lipinski definition) is 2. The van der Waals surface area contributed by atoms with Crippen molar-refractivity contribution in [2.24, 2.45) is 0 Å². The Hall–Kier alpha value is -2.39. The third-order valence-corrected chi connectivity index (χ3v) is 3.72. The number of rotatable bonds is 8. The summed E-state index contributed by atoms with van der Waals surface area (Å²) in [5.41, 5.74) is 4.15. The molecular formula is C21H25NO2. The zero-order chi connectivity index (χ0) is 17.2. The Morgan fingerprint density at radius 1 is 0.958 bits per heavy atom. The molecule has 0 aliphatic rings. The van der Waals surface area contributed by atoms with Crippen molar-refractivity contribution in [3.63, 3.8) is 0 Å². The van der Waals surface area contributed by atoms with E-state index < -0.39 is 0 Å². The standard InChI is InChI=1S/C21H25NO2/c1-3-7-17(2)21(23)22-14-18-10-12-20(13-11-18)16-24-15-19-8-5-4-6-9-19/h4-13H,3,14-16H2,1-2H3,(H,22,23). The Bertz CT molecular complexity index is 660. The number of ether oxygens (including phenoxy) is 1. The number of carbonyl (C=O) groups is 1. The molecule has 24 heavy (non-hydrogen) atoms. The van der Waals surface area contributed by atoms with E-state index in [9.17, 15) is 4.79 Å². The van der Waals surface area contributed by atoms with Gasteiger partial charge in [0, 0.05) is 12.1 Å². The molecule has 0 heterocycles. The van der Waals surface area contributed by atoms with Gasteiger partial charge < -0.3 is 10.1 Å². The Morgan fingerprint density at radius 2 is 1.54 bits per heavy atom. The molecule has 2 aromatic rings. The summed E-state index contributed by atoms with van der Waals surface area (Å²) < 4.78 is 5.72. The van der Waals surface area contributed by atoms with Gasteiger partial charge in [0.15, 0.2) is 0 Å². The van der Waals surface area contributed by atoms with Crippen molar-refractivity contribution in [1.82, 2.24) is 5.32 Å². The number of allylic oxidation sites excluding steroid dienone is 1. The zero-order valence-electron chi connectivity index (χ0n) is 14.4. The van der Waals surface area contributed by atoms with Gasteiger partial charge in [-0.05, 0) is 30.0 Å². The fourth-order valence-corrected chi connectivity index (χ4v) is 2.33. The minimum Gasteiger partial charge on any atom is -0.372 e. The summed E-state index contributed by atoms with van der Waals surface area (Å²) in [6.07, 6.45) is 2.80. The third kappa shape index (κ3) is 6.01. The highest BCUT2D eigenvalue weighted by atomic mass is 16.5. The lowest BCUT2D eigenvalue weighted by Crippen LogP contribution is -2.23. The van der Waals surface area contributed by atoms with E-state index in [1.54, 1.807) is 0 Å². The maximum atomic E-state index is 11.8. The molecule has 0 aliphatic heterocycles.